The first-order chi connectivity index (χ1) is 8.12. The van der Waals surface area contributed by atoms with Gasteiger partial charge in [-0.2, -0.15) is 0 Å². The Morgan fingerprint density at radius 1 is 1.24 bits per heavy atom. The zero-order chi connectivity index (χ0) is 12.7. The molecule has 0 aromatic carbocycles. The largest absolute Gasteiger partial charge is 0.316 e. The van der Waals surface area contributed by atoms with Crippen LogP contribution in [0.1, 0.15) is 52.9 Å². The van der Waals surface area contributed by atoms with Crippen LogP contribution >= 0.6 is 0 Å². The highest BCUT2D eigenvalue weighted by atomic mass is 15.1. The zero-order valence-corrected chi connectivity index (χ0v) is 12.4. The fraction of sp³-hybridized carbons (Fsp3) is 1.00. The second kappa shape index (κ2) is 7.38. The first kappa shape index (κ1) is 15.0. The van der Waals surface area contributed by atoms with E-state index in [-0.39, 0.29) is 0 Å². The molecule has 1 saturated carbocycles. The molecule has 0 aromatic rings. The molecule has 0 bridgehead atoms. The van der Waals surface area contributed by atoms with Crippen molar-refractivity contribution in [3.05, 3.63) is 0 Å². The predicted molar refractivity (Wildman–Crippen MR) is 76.4 cm³/mol. The third kappa shape index (κ3) is 4.97. The zero-order valence-electron chi connectivity index (χ0n) is 12.4. The molecular formula is C15H32N2. The van der Waals surface area contributed by atoms with Crippen molar-refractivity contribution in [2.24, 2.45) is 11.3 Å². The fourth-order valence-corrected chi connectivity index (χ4v) is 2.98. The van der Waals surface area contributed by atoms with Crippen molar-refractivity contribution in [3.8, 4) is 0 Å². The maximum Gasteiger partial charge on any atom is 0.00470 e. The summed E-state index contributed by atoms with van der Waals surface area (Å²) in [6.07, 6.45) is 6.91. The van der Waals surface area contributed by atoms with Gasteiger partial charge in [0.15, 0.2) is 0 Å². The lowest BCUT2D eigenvalue weighted by Crippen LogP contribution is -2.45. The first-order valence-corrected chi connectivity index (χ1v) is 7.51. The van der Waals surface area contributed by atoms with Crippen LogP contribution in [-0.4, -0.2) is 38.1 Å². The van der Waals surface area contributed by atoms with Crippen molar-refractivity contribution >= 4 is 0 Å². The molecule has 102 valence electrons. The molecule has 1 N–H and O–H groups in total. The van der Waals surface area contributed by atoms with E-state index < -0.39 is 0 Å². The quantitative estimate of drug-likeness (QED) is 0.688. The summed E-state index contributed by atoms with van der Waals surface area (Å²) in [4.78, 5) is 2.49. The van der Waals surface area contributed by atoms with Gasteiger partial charge in [0.25, 0.3) is 0 Å². The summed E-state index contributed by atoms with van der Waals surface area (Å²) < 4.78 is 0. The van der Waals surface area contributed by atoms with E-state index >= 15 is 0 Å². The second-order valence-corrected chi connectivity index (χ2v) is 6.19. The van der Waals surface area contributed by atoms with E-state index in [1.54, 1.807) is 0 Å². The smallest absolute Gasteiger partial charge is 0.00470 e. The van der Waals surface area contributed by atoms with Gasteiger partial charge >= 0.3 is 0 Å². The number of nitrogens with one attached hydrogen (secondary N) is 1. The van der Waals surface area contributed by atoms with Crippen LogP contribution < -0.4 is 5.32 Å². The third-order valence-corrected chi connectivity index (χ3v) is 4.41. The Morgan fingerprint density at radius 3 is 2.41 bits per heavy atom. The van der Waals surface area contributed by atoms with Crippen LogP contribution in [0.5, 0.6) is 0 Å². The Labute approximate surface area is 108 Å². The Morgan fingerprint density at radius 2 is 1.88 bits per heavy atom. The molecule has 0 aliphatic heterocycles. The highest BCUT2D eigenvalue weighted by Crippen LogP contribution is 2.38. The standard InChI is InChI=1S/C15H32N2/c1-5-11-16-12-15(13-17(4)6-2)9-7-14(3)8-10-15/h14,16H,5-13H2,1-4H3. The molecule has 2 nitrogen and oxygen atoms in total. The van der Waals surface area contributed by atoms with Crippen molar-refractivity contribution in [3.63, 3.8) is 0 Å². The normalized spacial score (nSPS) is 29.8. The summed E-state index contributed by atoms with van der Waals surface area (Å²) in [5.41, 5.74) is 0.548. The van der Waals surface area contributed by atoms with Crippen molar-refractivity contribution in [1.82, 2.24) is 10.2 Å². The summed E-state index contributed by atoms with van der Waals surface area (Å²) in [6, 6.07) is 0. The molecule has 17 heavy (non-hydrogen) atoms. The number of hydrogen-bond acceptors (Lipinski definition) is 2. The Bertz CT molecular complexity index is 195. The van der Waals surface area contributed by atoms with Gasteiger partial charge in [-0.15, -0.1) is 0 Å². The lowest BCUT2D eigenvalue weighted by molar-refractivity contribution is 0.101. The summed E-state index contributed by atoms with van der Waals surface area (Å²) >= 11 is 0. The fourth-order valence-electron chi connectivity index (χ4n) is 2.98. The minimum atomic E-state index is 0.548. The molecule has 0 heterocycles. The van der Waals surface area contributed by atoms with E-state index in [0.29, 0.717) is 5.41 Å². The van der Waals surface area contributed by atoms with Crippen LogP contribution in [0, 0.1) is 11.3 Å². The number of nitrogens with zero attached hydrogens (tertiary/aromatic N) is 1. The third-order valence-electron chi connectivity index (χ3n) is 4.41. The monoisotopic (exact) mass is 240 g/mol. The molecule has 0 amide bonds. The highest BCUT2D eigenvalue weighted by Gasteiger charge is 2.34. The first-order valence-electron chi connectivity index (χ1n) is 7.51. The van der Waals surface area contributed by atoms with Gasteiger partial charge in [0.1, 0.15) is 0 Å². The molecule has 0 atom stereocenters. The van der Waals surface area contributed by atoms with E-state index in [1.807, 2.05) is 0 Å². The topological polar surface area (TPSA) is 15.3 Å². The minimum Gasteiger partial charge on any atom is -0.316 e. The molecule has 0 spiro atoms. The molecule has 0 radical (unpaired) electrons. The maximum atomic E-state index is 3.66. The Balaban J connectivity index is 2.50. The highest BCUT2D eigenvalue weighted by molar-refractivity contribution is 4.88. The predicted octanol–water partition coefficient (Wildman–Crippen LogP) is 3.13. The molecule has 1 aliphatic carbocycles. The summed E-state index contributed by atoms with van der Waals surface area (Å²) in [5.74, 6) is 0.946. The number of rotatable bonds is 7. The molecule has 0 saturated heterocycles. The van der Waals surface area contributed by atoms with Gasteiger partial charge in [0.05, 0.1) is 0 Å². The van der Waals surface area contributed by atoms with Crippen LogP contribution in [0.25, 0.3) is 0 Å². The summed E-state index contributed by atoms with van der Waals surface area (Å²) in [7, 11) is 2.26. The maximum absolute atomic E-state index is 3.66. The van der Waals surface area contributed by atoms with Crippen LogP contribution in [0.4, 0.5) is 0 Å². The van der Waals surface area contributed by atoms with Gasteiger partial charge in [0, 0.05) is 13.1 Å². The van der Waals surface area contributed by atoms with Gasteiger partial charge in [-0.1, -0.05) is 33.6 Å². The Hall–Kier alpha value is -0.0800. The molecule has 1 aliphatic rings. The van der Waals surface area contributed by atoms with E-state index in [2.05, 4.69) is 38.0 Å². The average Bonchev–Trinajstić information content (AvgIpc) is 2.33. The average molecular weight is 240 g/mol. The lowest BCUT2D eigenvalue weighted by Gasteiger charge is -2.42. The number of hydrogen-bond donors (Lipinski definition) is 1. The van der Waals surface area contributed by atoms with E-state index in [4.69, 9.17) is 0 Å². The van der Waals surface area contributed by atoms with E-state index in [9.17, 15) is 0 Å². The summed E-state index contributed by atoms with van der Waals surface area (Å²) in [6.45, 7) is 11.8. The lowest BCUT2D eigenvalue weighted by atomic mass is 9.70. The minimum absolute atomic E-state index is 0.548. The van der Waals surface area contributed by atoms with Crippen molar-refractivity contribution in [1.29, 1.82) is 0 Å². The van der Waals surface area contributed by atoms with Crippen LogP contribution in [0.3, 0.4) is 0 Å². The molecule has 1 rings (SSSR count). The van der Waals surface area contributed by atoms with Crippen molar-refractivity contribution in [2.45, 2.75) is 52.9 Å². The van der Waals surface area contributed by atoms with E-state index in [0.717, 1.165) is 5.92 Å². The molecule has 2 heteroatoms. The van der Waals surface area contributed by atoms with Gasteiger partial charge < -0.3 is 10.2 Å². The molecule has 0 unspecified atom stereocenters. The molecular weight excluding hydrogens is 208 g/mol. The van der Waals surface area contributed by atoms with Gasteiger partial charge in [0.2, 0.25) is 0 Å². The van der Waals surface area contributed by atoms with Gasteiger partial charge in [-0.3, -0.25) is 0 Å². The molecule has 0 aromatic heterocycles. The summed E-state index contributed by atoms with van der Waals surface area (Å²) in [5, 5.41) is 3.66. The van der Waals surface area contributed by atoms with Crippen molar-refractivity contribution in [2.75, 3.05) is 33.2 Å². The van der Waals surface area contributed by atoms with Crippen LogP contribution in [0.15, 0.2) is 0 Å². The van der Waals surface area contributed by atoms with Crippen molar-refractivity contribution < 1.29 is 0 Å². The van der Waals surface area contributed by atoms with Gasteiger partial charge in [-0.05, 0) is 50.7 Å². The van der Waals surface area contributed by atoms with Gasteiger partial charge in [-0.25, -0.2) is 0 Å². The second-order valence-electron chi connectivity index (χ2n) is 6.19. The van der Waals surface area contributed by atoms with E-state index in [1.165, 1.54) is 58.3 Å². The SMILES string of the molecule is CCCNCC1(CN(C)CC)CCC(C)CC1. The molecule has 1 fully saturated rings. The van der Waals surface area contributed by atoms with Crippen LogP contribution in [0.2, 0.25) is 0 Å². The Kier molecular flexibility index (Phi) is 6.50. The van der Waals surface area contributed by atoms with Crippen LogP contribution in [-0.2, 0) is 0 Å².